The van der Waals surface area contributed by atoms with E-state index >= 15 is 0 Å². The average molecular weight is 379 g/mol. The first-order valence-electron chi connectivity index (χ1n) is 7.95. The summed E-state index contributed by atoms with van der Waals surface area (Å²) >= 11 is 3.53. The molecule has 118 valence electrons. The van der Waals surface area contributed by atoms with Crippen LogP contribution in [0.5, 0.6) is 5.75 Å². The molecule has 0 saturated heterocycles. The van der Waals surface area contributed by atoms with Crippen LogP contribution in [0.2, 0.25) is 0 Å². The fourth-order valence-corrected chi connectivity index (χ4v) is 4.06. The highest BCUT2D eigenvalue weighted by Gasteiger charge is 2.44. The molecule has 0 radical (unpaired) electrons. The van der Waals surface area contributed by atoms with Crippen LogP contribution in [0.3, 0.4) is 0 Å². The molecular weight excluding hydrogens is 364 g/mol. The van der Waals surface area contributed by atoms with Gasteiger partial charge >= 0.3 is 0 Å². The van der Waals surface area contributed by atoms with Crippen LogP contribution in [0.4, 0.5) is 11.4 Å². The summed E-state index contributed by atoms with van der Waals surface area (Å²) in [4.78, 5) is 6.99. The van der Waals surface area contributed by atoms with Crippen molar-refractivity contribution in [1.82, 2.24) is 0 Å². The Labute approximate surface area is 148 Å². The van der Waals surface area contributed by atoms with Crippen LogP contribution in [-0.2, 0) is 6.42 Å². The molecule has 0 saturated carbocycles. The SMILES string of the molecule is CN1c2ccccc2CC12C=Nc1c(ccc3cc(Br)ccc13)O2. The topological polar surface area (TPSA) is 24.8 Å². The molecule has 24 heavy (non-hydrogen) atoms. The molecule has 1 atom stereocenters. The van der Waals surface area contributed by atoms with E-state index in [1.54, 1.807) is 0 Å². The normalized spacial score (nSPS) is 21.0. The van der Waals surface area contributed by atoms with E-state index in [1.165, 1.54) is 11.3 Å². The minimum atomic E-state index is -0.528. The second kappa shape index (κ2) is 4.84. The van der Waals surface area contributed by atoms with Gasteiger partial charge in [0.2, 0.25) is 5.72 Å². The van der Waals surface area contributed by atoms with Crippen molar-refractivity contribution < 1.29 is 4.74 Å². The van der Waals surface area contributed by atoms with Gasteiger partial charge in [0, 0.05) is 29.0 Å². The minimum absolute atomic E-state index is 0.528. The predicted molar refractivity (Wildman–Crippen MR) is 102 cm³/mol. The summed E-state index contributed by atoms with van der Waals surface area (Å²) in [7, 11) is 2.07. The van der Waals surface area contributed by atoms with Crippen molar-refractivity contribution in [3.05, 3.63) is 64.6 Å². The Kier molecular flexibility index (Phi) is 2.83. The maximum absolute atomic E-state index is 6.48. The zero-order chi connectivity index (χ0) is 16.3. The molecule has 3 aromatic carbocycles. The number of benzene rings is 3. The maximum Gasteiger partial charge on any atom is 0.223 e. The fraction of sp³-hybridized carbons (Fsp3) is 0.150. The van der Waals surface area contributed by atoms with Gasteiger partial charge < -0.3 is 9.64 Å². The van der Waals surface area contributed by atoms with Crippen LogP contribution >= 0.6 is 15.9 Å². The monoisotopic (exact) mass is 378 g/mol. The first kappa shape index (κ1) is 14.1. The predicted octanol–water partition coefficient (Wildman–Crippen LogP) is 5.09. The van der Waals surface area contributed by atoms with Crippen molar-refractivity contribution in [3.8, 4) is 5.75 Å². The Bertz CT molecular complexity index is 1010. The molecule has 2 heterocycles. The Balaban J connectivity index is 1.63. The first-order valence-corrected chi connectivity index (χ1v) is 8.74. The Morgan fingerprint density at radius 2 is 2.00 bits per heavy atom. The molecule has 0 aliphatic carbocycles. The summed E-state index contributed by atoms with van der Waals surface area (Å²) in [5.41, 5.74) is 2.88. The molecule has 2 aliphatic heterocycles. The van der Waals surface area contributed by atoms with Crippen molar-refractivity contribution in [2.45, 2.75) is 12.1 Å². The third kappa shape index (κ3) is 1.86. The Hall–Kier alpha value is -2.33. The van der Waals surface area contributed by atoms with Gasteiger partial charge in [0.25, 0.3) is 0 Å². The van der Waals surface area contributed by atoms with Crippen LogP contribution < -0.4 is 9.64 Å². The van der Waals surface area contributed by atoms with Gasteiger partial charge in [-0.05, 0) is 35.2 Å². The maximum atomic E-state index is 6.48. The standard InChI is InChI=1S/C20H15BrN2O/c1-23-17-5-3-2-4-14(17)11-20(23)12-22-19-16-8-7-15(21)10-13(16)6-9-18(19)24-20/h2-10,12H,11H2,1H3. The van der Waals surface area contributed by atoms with Crippen LogP contribution in [0.25, 0.3) is 10.8 Å². The van der Waals surface area contributed by atoms with Gasteiger partial charge in [-0.25, -0.2) is 0 Å². The van der Waals surface area contributed by atoms with Gasteiger partial charge in [0.15, 0.2) is 0 Å². The number of fused-ring (bicyclic) bond motifs is 4. The third-order valence-corrected chi connectivity index (χ3v) is 5.46. The average Bonchev–Trinajstić information content (AvgIpc) is 2.86. The molecule has 0 N–H and O–H groups in total. The second-order valence-corrected chi connectivity index (χ2v) is 7.26. The molecule has 2 aliphatic rings. The van der Waals surface area contributed by atoms with Crippen molar-refractivity contribution in [2.75, 3.05) is 11.9 Å². The summed E-state index contributed by atoms with van der Waals surface area (Å²) in [6.07, 6.45) is 2.76. The lowest BCUT2D eigenvalue weighted by Crippen LogP contribution is -2.52. The van der Waals surface area contributed by atoms with Gasteiger partial charge in [-0.15, -0.1) is 0 Å². The molecule has 4 heteroatoms. The van der Waals surface area contributed by atoms with E-state index in [1.807, 2.05) is 18.3 Å². The second-order valence-electron chi connectivity index (χ2n) is 6.35. The van der Waals surface area contributed by atoms with Crippen LogP contribution in [0.1, 0.15) is 5.56 Å². The number of hydrogen-bond donors (Lipinski definition) is 0. The summed E-state index contributed by atoms with van der Waals surface area (Å²) in [5.74, 6) is 0.840. The Morgan fingerprint density at radius 1 is 1.12 bits per heavy atom. The summed E-state index contributed by atoms with van der Waals surface area (Å²) in [6, 6.07) is 18.8. The largest absolute Gasteiger partial charge is 0.460 e. The number of para-hydroxylation sites is 1. The van der Waals surface area contributed by atoms with Gasteiger partial charge in [-0.3, -0.25) is 4.99 Å². The van der Waals surface area contributed by atoms with E-state index in [4.69, 9.17) is 9.73 Å². The van der Waals surface area contributed by atoms with Crippen LogP contribution in [-0.4, -0.2) is 19.0 Å². The van der Waals surface area contributed by atoms with Gasteiger partial charge in [-0.2, -0.15) is 0 Å². The number of rotatable bonds is 0. The van der Waals surface area contributed by atoms with E-state index in [0.717, 1.165) is 33.1 Å². The number of hydrogen-bond acceptors (Lipinski definition) is 3. The number of halogens is 1. The van der Waals surface area contributed by atoms with Crippen LogP contribution in [0, 0.1) is 0 Å². The molecule has 0 fully saturated rings. The van der Waals surface area contributed by atoms with Crippen molar-refractivity contribution in [1.29, 1.82) is 0 Å². The van der Waals surface area contributed by atoms with Crippen LogP contribution in [0.15, 0.2) is 64.1 Å². The molecule has 1 unspecified atom stereocenters. The number of nitrogens with zero attached hydrogens (tertiary/aromatic N) is 2. The highest BCUT2D eigenvalue weighted by molar-refractivity contribution is 9.10. The van der Waals surface area contributed by atoms with Gasteiger partial charge in [-0.1, -0.05) is 46.3 Å². The van der Waals surface area contributed by atoms with E-state index in [2.05, 4.69) is 70.3 Å². The number of ether oxygens (including phenoxy) is 1. The molecule has 3 aromatic rings. The zero-order valence-corrected chi connectivity index (χ0v) is 14.7. The van der Waals surface area contributed by atoms with Gasteiger partial charge in [0.1, 0.15) is 11.4 Å². The number of anilines is 1. The molecule has 0 aromatic heterocycles. The molecule has 1 spiro atoms. The molecule has 3 nitrogen and oxygen atoms in total. The highest BCUT2D eigenvalue weighted by atomic mass is 79.9. The van der Waals surface area contributed by atoms with E-state index in [0.29, 0.717) is 0 Å². The van der Waals surface area contributed by atoms with E-state index < -0.39 is 5.72 Å². The quantitative estimate of drug-likeness (QED) is 0.544. The molecule has 0 amide bonds. The van der Waals surface area contributed by atoms with Gasteiger partial charge in [0.05, 0.1) is 6.21 Å². The van der Waals surface area contributed by atoms with E-state index in [-0.39, 0.29) is 0 Å². The molecular formula is C20H15BrN2O. The number of aliphatic imine (C=N–C) groups is 1. The van der Waals surface area contributed by atoms with Crippen molar-refractivity contribution in [3.63, 3.8) is 0 Å². The molecule has 5 rings (SSSR count). The fourth-order valence-electron chi connectivity index (χ4n) is 3.68. The summed E-state index contributed by atoms with van der Waals surface area (Å²) in [5, 5.41) is 2.27. The van der Waals surface area contributed by atoms with Crippen molar-refractivity contribution in [2.24, 2.45) is 4.99 Å². The smallest absolute Gasteiger partial charge is 0.223 e. The van der Waals surface area contributed by atoms with Crippen molar-refractivity contribution >= 4 is 44.3 Å². The number of likely N-dealkylation sites (N-methyl/N-ethyl adjacent to an activating group) is 1. The summed E-state index contributed by atoms with van der Waals surface area (Å²) < 4.78 is 7.55. The highest BCUT2D eigenvalue weighted by Crippen LogP contribution is 2.45. The summed E-state index contributed by atoms with van der Waals surface area (Å²) in [6.45, 7) is 0. The molecule has 0 bridgehead atoms. The van der Waals surface area contributed by atoms with E-state index in [9.17, 15) is 0 Å². The minimum Gasteiger partial charge on any atom is -0.460 e. The third-order valence-electron chi connectivity index (χ3n) is 4.96. The Morgan fingerprint density at radius 3 is 2.88 bits per heavy atom. The lowest BCUT2D eigenvalue weighted by molar-refractivity contribution is 0.154. The lowest BCUT2D eigenvalue weighted by Gasteiger charge is -2.37. The first-order chi connectivity index (χ1) is 11.7. The lowest BCUT2D eigenvalue weighted by atomic mass is 10.0. The zero-order valence-electron chi connectivity index (χ0n) is 13.2.